The topological polar surface area (TPSA) is 74.6 Å². The zero-order valence-electron chi connectivity index (χ0n) is 10.8. The van der Waals surface area contributed by atoms with Gasteiger partial charge in [-0.25, -0.2) is 4.98 Å². The van der Waals surface area contributed by atoms with Crippen LogP contribution < -0.4 is 5.43 Å². The molecular formula is C13H12BrN3O2S. The molecule has 0 aliphatic rings. The Bertz CT molecular complexity index is 682. The first kappa shape index (κ1) is 14.7. The van der Waals surface area contributed by atoms with Gasteiger partial charge >= 0.3 is 0 Å². The van der Waals surface area contributed by atoms with E-state index in [2.05, 4.69) is 31.4 Å². The summed E-state index contributed by atoms with van der Waals surface area (Å²) >= 11 is 4.57. The predicted octanol–water partition coefficient (Wildman–Crippen LogP) is 3.57. The number of nitrogens with one attached hydrogen (secondary N) is 1. The third-order valence-corrected chi connectivity index (χ3v) is 4.13. The fourth-order valence-electron chi connectivity index (χ4n) is 1.56. The van der Waals surface area contributed by atoms with Crippen LogP contribution in [0.1, 0.15) is 27.9 Å². The van der Waals surface area contributed by atoms with E-state index in [1.54, 1.807) is 25.1 Å². The molecule has 1 heterocycles. The van der Waals surface area contributed by atoms with E-state index in [1.807, 2.05) is 0 Å². The summed E-state index contributed by atoms with van der Waals surface area (Å²) in [6, 6.07) is 5.06. The van der Waals surface area contributed by atoms with Crippen molar-refractivity contribution in [2.45, 2.75) is 13.8 Å². The lowest BCUT2D eigenvalue weighted by molar-refractivity contribution is 0.102. The zero-order valence-corrected chi connectivity index (χ0v) is 13.2. The number of hydrogen-bond acceptors (Lipinski definition) is 6. The summed E-state index contributed by atoms with van der Waals surface area (Å²) in [6.07, 6.45) is 1.49. The number of hydrazone groups is 1. The molecule has 0 unspecified atom stereocenters. The average molecular weight is 354 g/mol. The van der Waals surface area contributed by atoms with Crippen LogP contribution in [0.2, 0.25) is 0 Å². The number of Topliss-reactive ketones (excluding diaryl/α,β-unsaturated/α-hetero) is 1. The molecule has 7 heteroatoms. The maximum Gasteiger partial charge on any atom is 0.204 e. The first-order valence-electron chi connectivity index (χ1n) is 5.73. The quantitative estimate of drug-likeness (QED) is 0.500. The summed E-state index contributed by atoms with van der Waals surface area (Å²) in [6.45, 7) is 3.29. The van der Waals surface area contributed by atoms with Gasteiger partial charge in [-0.15, -0.1) is 0 Å². The molecular weight excluding hydrogens is 342 g/mol. The molecule has 20 heavy (non-hydrogen) atoms. The summed E-state index contributed by atoms with van der Waals surface area (Å²) in [7, 11) is 0. The van der Waals surface area contributed by atoms with Crippen LogP contribution in [0.15, 0.2) is 27.8 Å². The number of benzene rings is 1. The lowest BCUT2D eigenvalue weighted by Gasteiger charge is -1.99. The third kappa shape index (κ3) is 3.43. The molecule has 0 aliphatic carbocycles. The van der Waals surface area contributed by atoms with E-state index >= 15 is 0 Å². The highest BCUT2D eigenvalue weighted by atomic mass is 79.9. The molecule has 0 radical (unpaired) electrons. The van der Waals surface area contributed by atoms with E-state index in [0.717, 1.165) is 4.47 Å². The van der Waals surface area contributed by atoms with Crippen molar-refractivity contribution in [2.75, 3.05) is 5.43 Å². The zero-order chi connectivity index (χ0) is 14.7. The Hall–Kier alpha value is -1.73. The standard InChI is InChI=1S/C13H12BrN3O2S/c1-7-12(8(2)18)20-13(16-7)17-15-6-9-5-10(14)3-4-11(9)19/h3-6,19H,1-2H3,(H,16,17). The van der Waals surface area contributed by atoms with Crippen LogP contribution in [0, 0.1) is 6.92 Å². The Balaban J connectivity index is 2.12. The van der Waals surface area contributed by atoms with Gasteiger partial charge in [0, 0.05) is 17.0 Å². The summed E-state index contributed by atoms with van der Waals surface area (Å²) in [5.74, 6) is 0.125. The number of rotatable bonds is 4. The minimum absolute atomic E-state index is 0.0123. The van der Waals surface area contributed by atoms with Crippen molar-refractivity contribution in [1.82, 2.24) is 4.98 Å². The maximum absolute atomic E-state index is 11.3. The Morgan fingerprint density at radius 2 is 2.30 bits per heavy atom. The Morgan fingerprint density at radius 3 is 2.95 bits per heavy atom. The number of nitrogens with zero attached hydrogens (tertiary/aromatic N) is 2. The lowest BCUT2D eigenvalue weighted by atomic mass is 10.2. The number of ketones is 1. The van der Waals surface area contributed by atoms with Crippen molar-refractivity contribution in [2.24, 2.45) is 5.10 Å². The van der Waals surface area contributed by atoms with Gasteiger partial charge in [0.1, 0.15) is 5.75 Å². The van der Waals surface area contributed by atoms with E-state index in [1.165, 1.54) is 24.5 Å². The number of carbonyl (C=O) groups is 1. The van der Waals surface area contributed by atoms with Gasteiger partial charge < -0.3 is 5.11 Å². The minimum atomic E-state index is -0.0123. The molecule has 0 saturated heterocycles. The van der Waals surface area contributed by atoms with Crippen molar-refractivity contribution < 1.29 is 9.90 Å². The van der Waals surface area contributed by atoms with Gasteiger partial charge in [-0.2, -0.15) is 5.10 Å². The second-order valence-electron chi connectivity index (χ2n) is 4.06. The predicted molar refractivity (Wildman–Crippen MR) is 83.9 cm³/mol. The summed E-state index contributed by atoms with van der Waals surface area (Å²) in [5.41, 5.74) is 4.02. The molecule has 0 bridgehead atoms. The van der Waals surface area contributed by atoms with Gasteiger partial charge in [0.25, 0.3) is 0 Å². The van der Waals surface area contributed by atoms with Gasteiger partial charge in [-0.3, -0.25) is 10.2 Å². The monoisotopic (exact) mass is 353 g/mol. The highest BCUT2D eigenvalue weighted by Crippen LogP contribution is 2.23. The molecule has 2 N–H and O–H groups in total. The number of phenolic OH excluding ortho intramolecular Hbond substituents is 1. The Labute approximate surface area is 128 Å². The first-order valence-corrected chi connectivity index (χ1v) is 7.34. The van der Waals surface area contributed by atoms with Crippen molar-refractivity contribution in [3.05, 3.63) is 38.8 Å². The number of phenols is 1. The second kappa shape index (κ2) is 6.15. The fourth-order valence-corrected chi connectivity index (χ4v) is 2.75. The smallest absolute Gasteiger partial charge is 0.204 e. The van der Waals surface area contributed by atoms with Crippen molar-refractivity contribution in [3.8, 4) is 5.75 Å². The normalized spacial score (nSPS) is 10.9. The van der Waals surface area contributed by atoms with Crippen LogP contribution >= 0.6 is 27.3 Å². The van der Waals surface area contributed by atoms with Crippen LogP contribution in [-0.4, -0.2) is 22.1 Å². The van der Waals surface area contributed by atoms with Gasteiger partial charge in [-0.05, 0) is 25.1 Å². The Kier molecular flexibility index (Phi) is 4.51. The molecule has 0 fully saturated rings. The van der Waals surface area contributed by atoms with Crippen LogP contribution in [0.4, 0.5) is 5.13 Å². The van der Waals surface area contributed by atoms with Crippen LogP contribution in [0.25, 0.3) is 0 Å². The lowest BCUT2D eigenvalue weighted by Crippen LogP contribution is -1.91. The summed E-state index contributed by atoms with van der Waals surface area (Å²) in [5, 5.41) is 14.2. The van der Waals surface area contributed by atoms with Crippen molar-refractivity contribution in [1.29, 1.82) is 0 Å². The Morgan fingerprint density at radius 1 is 1.55 bits per heavy atom. The SMILES string of the molecule is CC(=O)c1sc(NN=Cc2cc(Br)ccc2O)nc1C. The van der Waals surface area contributed by atoms with Crippen LogP contribution in [0.3, 0.4) is 0 Å². The number of aromatic hydroxyl groups is 1. The number of halogens is 1. The average Bonchev–Trinajstić information content (AvgIpc) is 2.75. The van der Waals surface area contributed by atoms with E-state index in [9.17, 15) is 9.90 Å². The molecule has 0 spiro atoms. The van der Waals surface area contributed by atoms with E-state index < -0.39 is 0 Å². The highest BCUT2D eigenvalue weighted by Gasteiger charge is 2.10. The number of aromatic nitrogens is 1. The van der Waals surface area contributed by atoms with E-state index in [0.29, 0.717) is 21.3 Å². The number of aryl methyl sites for hydroxylation is 1. The van der Waals surface area contributed by atoms with E-state index in [4.69, 9.17) is 0 Å². The number of hydrogen-bond donors (Lipinski definition) is 2. The molecule has 0 aliphatic heterocycles. The minimum Gasteiger partial charge on any atom is -0.507 e. The largest absolute Gasteiger partial charge is 0.507 e. The van der Waals surface area contributed by atoms with Gasteiger partial charge in [-0.1, -0.05) is 27.3 Å². The molecule has 0 atom stereocenters. The molecule has 5 nitrogen and oxygen atoms in total. The number of anilines is 1. The molecule has 0 amide bonds. The van der Waals surface area contributed by atoms with Gasteiger partial charge in [0.15, 0.2) is 5.78 Å². The molecule has 1 aromatic heterocycles. The second-order valence-corrected chi connectivity index (χ2v) is 5.98. The summed E-state index contributed by atoms with van der Waals surface area (Å²) in [4.78, 5) is 16.1. The summed E-state index contributed by atoms with van der Waals surface area (Å²) < 4.78 is 0.848. The molecule has 104 valence electrons. The number of carbonyl (C=O) groups excluding carboxylic acids is 1. The fraction of sp³-hybridized carbons (Fsp3) is 0.154. The van der Waals surface area contributed by atoms with E-state index in [-0.39, 0.29) is 11.5 Å². The van der Waals surface area contributed by atoms with Crippen LogP contribution in [0.5, 0.6) is 5.75 Å². The molecule has 0 saturated carbocycles. The molecule has 1 aromatic carbocycles. The van der Waals surface area contributed by atoms with Crippen LogP contribution in [-0.2, 0) is 0 Å². The van der Waals surface area contributed by atoms with Crippen molar-refractivity contribution >= 4 is 44.4 Å². The molecule has 2 aromatic rings. The molecule has 2 rings (SSSR count). The van der Waals surface area contributed by atoms with Crippen molar-refractivity contribution in [3.63, 3.8) is 0 Å². The van der Waals surface area contributed by atoms with Gasteiger partial charge in [0.05, 0.1) is 16.8 Å². The van der Waals surface area contributed by atoms with Gasteiger partial charge in [0.2, 0.25) is 5.13 Å². The maximum atomic E-state index is 11.3. The third-order valence-electron chi connectivity index (χ3n) is 2.47. The first-order chi connectivity index (χ1) is 9.47. The highest BCUT2D eigenvalue weighted by molar-refractivity contribution is 9.10. The number of thiazole rings is 1.